The average Bonchev–Trinajstić information content (AvgIpc) is 2.36. The van der Waals surface area contributed by atoms with Crippen LogP contribution < -0.4 is 9.47 Å². The maximum atomic E-state index is 10.4. The molecule has 1 unspecified atom stereocenters. The standard InChI is InChI=1S/C15H23NO3/c1-10(2)7-16-8-11-13(18-3)5-6-14(19-4)15(11)12(17)9-16/h5-6,10,12,17H,7-9H2,1-4H3. The van der Waals surface area contributed by atoms with Crippen molar-refractivity contribution < 1.29 is 14.6 Å². The Morgan fingerprint density at radius 3 is 2.47 bits per heavy atom. The molecule has 1 aromatic rings. The van der Waals surface area contributed by atoms with E-state index in [0.29, 0.717) is 12.5 Å². The summed E-state index contributed by atoms with van der Waals surface area (Å²) in [7, 11) is 3.30. The number of aliphatic hydroxyl groups excluding tert-OH is 1. The molecule has 1 aliphatic heterocycles. The molecule has 1 aliphatic rings. The number of hydrogen-bond donors (Lipinski definition) is 1. The van der Waals surface area contributed by atoms with Crippen LogP contribution >= 0.6 is 0 Å². The molecule has 0 saturated heterocycles. The Labute approximate surface area is 114 Å². The molecule has 0 aromatic heterocycles. The van der Waals surface area contributed by atoms with Crippen LogP contribution in [0.15, 0.2) is 12.1 Å². The number of fused-ring (bicyclic) bond motifs is 1. The first kappa shape index (κ1) is 14.2. The Balaban J connectivity index is 2.38. The van der Waals surface area contributed by atoms with E-state index in [4.69, 9.17) is 9.47 Å². The van der Waals surface area contributed by atoms with Crippen LogP contribution in [-0.4, -0.2) is 37.3 Å². The minimum atomic E-state index is -0.521. The number of benzene rings is 1. The maximum Gasteiger partial charge on any atom is 0.125 e. The van der Waals surface area contributed by atoms with Crippen molar-refractivity contribution in [3.05, 3.63) is 23.3 Å². The summed E-state index contributed by atoms with van der Waals surface area (Å²) in [5, 5.41) is 10.4. The van der Waals surface area contributed by atoms with E-state index in [0.717, 1.165) is 35.7 Å². The second-order valence-corrected chi connectivity index (χ2v) is 5.47. The van der Waals surface area contributed by atoms with Gasteiger partial charge in [-0.1, -0.05) is 13.8 Å². The van der Waals surface area contributed by atoms with Crippen LogP contribution in [0.1, 0.15) is 31.1 Å². The molecule has 1 atom stereocenters. The summed E-state index contributed by atoms with van der Waals surface area (Å²) in [6.45, 7) is 6.78. The van der Waals surface area contributed by atoms with Crippen molar-refractivity contribution >= 4 is 0 Å². The number of β-amino-alcohol motifs (C(OH)–C–C–N with tert-alkyl or cyclic N) is 1. The summed E-state index contributed by atoms with van der Waals surface area (Å²) in [6.07, 6.45) is -0.521. The van der Waals surface area contributed by atoms with E-state index < -0.39 is 6.10 Å². The molecule has 19 heavy (non-hydrogen) atoms. The van der Waals surface area contributed by atoms with Crippen LogP contribution in [0.4, 0.5) is 0 Å². The van der Waals surface area contributed by atoms with E-state index in [2.05, 4.69) is 18.7 Å². The monoisotopic (exact) mass is 265 g/mol. The van der Waals surface area contributed by atoms with Gasteiger partial charge in [-0.25, -0.2) is 0 Å². The summed E-state index contributed by atoms with van der Waals surface area (Å²) >= 11 is 0. The average molecular weight is 265 g/mol. The molecule has 1 N–H and O–H groups in total. The Hall–Kier alpha value is -1.26. The van der Waals surface area contributed by atoms with Gasteiger partial charge in [0, 0.05) is 30.8 Å². The first-order valence-electron chi connectivity index (χ1n) is 6.71. The van der Waals surface area contributed by atoms with Crippen LogP contribution in [0.3, 0.4) is 0 Å². The third kappa shape index (κ3) is 2.85. The normalized spacial score (nSPS) is 19.4. The Morgan fingerprint density at radius 2 is 1.89 bits per heavy atom. The molecule has 0 fully saturated rings. The minimum absolute atomic E-state index is 0.521. The lowest BCUT2D eigenvalue weighted by atomic mass is 9.94. The van der Waals surface area contributed by atoms with Gasteiger partial charge in [-0.3, -0.25) is 4.90 Å². The number of ether oxygens (including phenoxy) is 2. The lowest BCUT2D eigenvalue weighted by molar-refractivity contribution is 0.0817. The molecular formula is C15H23NO3. The summed E-state index contributed by atoms with van der Waals surface area (Å²) in [5.41, 5.74) is 1.92. The Morgan fingerprint density at radius 1 is 1.26 bits per heavy atom. The predicted octanol–water partition coefficient (Wildman–Crippen LogP) is 2.21. The molecule has 1 heterocycles. The van der Waals surface area contributed by atoms with Gasteiger partial charge in [0.25, 0.3) is 0 Å². The number of hydrogen-bond acceptors (Lipinski definition) is 4. The van der Waals surface area contributed by atoms with Crippen molar-refractivity contribution in [1.29, 1.82) is 0 Å². The molecule has 2 rings (SSSR count). The van der Waals surface area contributed by atoms with Crippen LogP contribution in [0.2, 0.25) is 0 Å². The highest BCUT2D eigenvalue weighted by Gasteiger charge is 2.29. The molecule has 0 saturated carbocycles. The predicted molar refractivity (Wildman–Crippen MR) is 74.6 cm³/mol. The van der Waals surface area contributed by atoms with Crippen LogP contribution in [0.25, 0.3) is 0 Å². The minimum Gasteiger partial charge on any atom is -0.496 e. The summed E-state index contributed by atoms with van der Waals surface area (Å²) < 4.78 is 10.8. The molecule has 0 bridgehead atoms. The fourth-order valence-corrected chi connectivity index (χ4v) is 2.80. The van der Waals surface area contributed by atoms with Crippen LogP contribution in [0, 0.1) is 5.92 Å². The van der Waals surface area contributed by atoms with E-state index in [1.165, 1.54) is 0 Å². The summed E-state index contributed by atoms with van der Waals surface area (Å²) in [6, 6.07) is 3.77. The fourth-order valence-electron chi connectivity index (χ4n) is 2.80. The molecule has 1 aromatic carbocycles. The van der Waals surface area contributed by atoms with Gasteiger partial charge in [0.1, 0.15) is 11.5 Å². The summed E-state index contributed by atoms with van der Waals surface area (Å²) in [4.78, 5) is 2.26. The van der Waals surface area contributed by atoms with E-state index in [-0.39, 0.29) is 0 Å². The molecule has 0 aliphatic carbocycles. The van der Waals surface area contributed by atoms with Crippen molar-refractivity contribution in [3.8, 4) is 11.5 Å². The van der Waals surface area contributed by atoms with Crippen molar-refractivity contribution in [3.63, 3.8) is 0 Å². The molecular weight excluding hydrogens is 242 g/mol. The third-order valence-corrected chi connectivity index (χ3v) is 3.48. The smallest absolute Gasteiger partial charge is 0.125 e. The Kier molecular flexibility index (Phi) is 4.32. The van der Waals surface area contributed by atoms with E-state index in [9.17, 15) is 5.11 Å². The van der Waals surface area contributed by atoms with Gasteiger partial charge in [-0.05, 0) is 18.1 Å². The van der Waals surface area contributed by atoms with Gasteiger partial charge < -0.3 is 14.6 Å². The highest BCUT2D eigenvalue weighted by Crippen LogP contribution is 2.39. The third-order valence-electron chi connectivity index (χ3n) is 3.48. The highest BCUT2D eigenvalue weighted by atomic mass is 16.5. The number of nitrogens with zero attached hydrogens (tertiary/aromatic N) is 1. The first-order chi connectivity index (χ1) is 9.06. The zero-order valence-electron chi connectivity index (χ0n) is 12.1. The SMILES string of the molecule is COc1ccc(OC)c2c1CN(CC(C)C)CC2O. The second kappa shape index (κ2) is 5.80. The second-order valence-electron chi connectivity index (χ2n) is 5.47. The fraction of sp³-hybridized carbons (Fsp3) is 0.600. The molecule has 0 amide bonds. The molecule has 0 radical (unpaired) electrons. The number of aliphatic hydroxyl groups is 1. The highest BCUT2D eigenvalue weighted by molar-refractivity contribution is 5.51. The van der Waals surface area contributed by atoms with Crippen molar-refractivity contribution in [2.24, 2.45) is 5.92 Å². The quantitative estimate of drug-likeness (QED) is 0.906. The van der Waals surface area contributed by atoms with Crippen molar-refractivity contribution in [2.45, 2.75) is 26.5 Å². The molecule has 0 spiro atoms. The van der Waals surface area contributed by atoms with Gasteiger partial charge in [0.2, 0.25) is 0 Å². The van der Waals surface area contributed by atoms with E-state index in [1.807, 2.05) is 12.1 Å². The van der Waals surface area contributed by atoms with Gasteiger partial charge in [-0.2, -0.15) is 0 Å². The summed E-state index contributed by atoms with van der Waals surface area (Å²) in [5.74, 6) is 2.14. The van der Waals surface area contributed by atoms with Gasteiger partial charge in [0.05, 0.1) is 20.3 Å². The first-order valence-corrected chi connectivity index (χ1v) is 6.71. The number of rotatable bonds is 4. The van der Waals surface area contributed by atoms with Gasteiger partial charge >= 0.3 is 0 Å². The lowest BCUT2D eigenvalue weighted by Crippen LogP contribution is -2.36. The molecule has 4 nitrogen and oxygen atoms in total. The van der Waals surface area contributed by atoms with Crippen LogP contribution in [0.5, 0.6) is 11.5 Å². The maximum absolute atomic E-state index is 10.4. The lowest BCUT2D eigenvalue weighted by Gasteiger charge is -2.34. The zero-order valence-corrected chi connectivity index (χ0v) is 12.1. The Bertz CT molecular complexity index is 445. The van der Waals surface area contributed by atoms with Crippen molar-refractivity contribution in [1.82, 2.24) is 4.90 Å². The van der Waals surface area contributed by atoms with Crippen LogP contribution in [-0.2, 0) is 6.54 Å². The topological polar surface area (TPSA) is 41.9 Å². The largest absolute Gasteiger partial charge is 0.496 e. The van der Waals surface area contributed by atoms with E-state index in [1.54, 1.807) is 14.2 Å². The van der Waals surface area contributed by atoms with E-state index >= 15 is 0 Å². The number of methoxy groups -OCH3 is 2. The van der Waals surface area contributed by atoms with Gasteiger partial charge in [-0.15, -0.1) is 0 Å². The van der Waals surface area contributed by atoms with Crippen molar-refractivity contribution in [2.75, 3.05) is 27.3 Å². The molecule has 4 heteroatoms. The molecule has 106 valence electrons. The van der Waals surface area contributed by atoms with Gasteiger partial charge in [0.15, 0.2) is 0 Å². The zero-order chi connectivity index (χ0) is 14.0.